The Hall–Kier alpha value is -1.14. The summed E-state index contributed by atoms with van der Waals surface area (Å²) in [6, 6.07) is 9.37. The SMILES string of the molecule is CCCCCCCCC(OCC)(Oc1ccccc1)C(O)(OCC)OCC. The van der Waals surface area contributed by atoms with Crippen molar-refractivity contribution in [2.75, 3.05) is 19.8 Å². The molecule has 0 bridgehead atoms. The van der Waals surface area contributed by atoms with Crippen molar-refractivity contribution in [3.63, 3.8) is 0 Å². The second-order valence-corrected chi connectivity index (χ2v) is 6.57. The maximum Gasteiger partial charge on any atom is 0.350 e. The molecule has 0 saturated carbocycles. The van der Waals surface area contributed by atoms with E-state index in [-0.39, 0.29) is 13.2 Å². The molecule has 0 aromatic heterocycles. The van der Waals surface area contributed by atoms with E-state index < -0.39 is 11.8 Å². The summed E-state index contributed by atoms with van der Waals surface area (Å²) in [5.41, 5.74) is 0. The van der Waals surface area contributed by atoms with Gasteiger partial charge in [-0.05, 0) is 39.3 Å². The lowest BCUT2D eigenvalue weighted by atomic mass is 10.0. The number of rotatable bonds is 16. The van der Waals surface area contributed by atoms with Gasteiger partial charge in [-0.25, -0.2) is 0 Å². The second kappa shape index (κ2) is 13.1. The Balaban J connectivity index is 3.04. The van der Waals surface area contributed by atoms with Crippen LogP contribution in [0, 0.1) is 0 Å². The number of hydrogen-bond acceptors (Lipinski definition) is 5. The number of benzene rings is 1. The van der Waals surface area contributed by atoms with Crippen LogP contribution in [0.2, 0.25) is 0 Å². The summed E-state index contributed by atoms with van der Waals surface area (Å²) in [7, 11) is 0. The van der Waals surface area contributed by atoms with Crippen molar-refractivity contribution in [1.29, 1.82) is 0 Å². The van der Waals surface area contributed by atoms with Crippen LogP contribution in [0.15, 0.2) is 30.3 Å². The van der Waals surface area contributed by atoms with Crippen LogP contribution in [0.1, 0.15) is 72.6 Å². The summed E-state index contributed by atoms with van der Waals surface area (Å²) in [5, 5.41) is 11.3. The Morgan fingerprint density at radius 1 is 0.741 bits per heavy atom. The van der Waals surface area contributed by atoms with E-state index in [1.54, 1.807) is 0 Å². The summed E-state index contributed by atoms with van der Waals surface area (Å²) < 4.78 is 23.5. The molecule has 1 atom stereocenters. The molecule has 0 saturated heterocycles. The van der Waals surface area contributed by atoms with Gasteiger partial charge in [-0.2, -0.15) is 0 Å². The standard InChI is InChI=1S/C22H38O5/c1-5-9-10-11-12-16-19-21(24-6-2,22(23,25-7-3)26-8-4)27-20-17-14-13-15-18-20/h13-15,17-18,23H,5-12,16,19H2,1-4H3. The molecule has 27 heavy (non-hydrogen) atoms. The quantitative estimate of drug-likeness (QED) is 0.312. The predicted octanol–water partition coefficient (Wildman–Crippen LogP) is 5.27. The topological polar surface area (TPSA) is 57.2 Å². The third-order valence-corrected chi connectivity index (χ3v) is 4.42. The number of aliphatic hydroxyl groups is 1. The summed E-state index contributed by atoms with van der Waals surface area (Å²) in [6.07, 6.45) is 7.20. The minimum atomic E-state index is -1.98. The maximum absolute atomic E-state index is 11.3. The van der Waals surface area contributed by atoms with Crippen LogP contribution in [-0.2, 0) is 14.2 Å². The van der Waals surface area contributed by atoms with E-state index in [2.05, 4.69) is 6.92 Å². The molecule has 1 aromatic rings. The third-order valence-electron chi connectivity index (χ3n) is 4.42. The van der Waals surface area contributed by atoms with Crippen LogP contribution in [0.4, 0.5) is 0 Å². The van der Waals surface area contributed by atoms with Crippen LogP contribution >= 0.6 is 0 Å². The third kappa shape index (κ3) is 7.41. The summed E-state index contributed by atoms with van der Waals surface area (Å²) in [6.45, 7) is 8.63. The van der Waals surface area contributed by atoms with E-state index >= 15 is 0 Å². The van der Waals surface area contributed by atoms with Gasteiger partial charge >= 0.3 is 5.97 Å². The highest BCUT2D eigenvalue weighted by atomic mass is 16.9. The monoisotopic (exact) mass is 382 g/mol. The molecule has 0 heterocycles. The van der Waals surface area contributed by atoms with Crippen molar-refractivity contribution in [2.24, 2.45) is 0 Å². The molecule has 5 heteroatoms. The second-order valence-electron chi connectivity index (χ2n) is 6.57. The zero-order valence-corrected chi connectivity index (χ0v) is 17.5. The molecule has 0 spiro atoms. The average Bonchev–Trinajstić information content (AvgIpc) is 2.65. The van der Waals surface area contributed by atoms with Crippen molar-refractivity contribution in [1.82, 2.24) is 0 Å². The van der Waals surface area contributed by atoms with Gasteiger partial charge in [-0.15, -0.1) is 0 Å². The lowest BCUT2D eigenvalue weighted by Gasteiger charge is -2.44. The molecule has 1 unspecified atom stereocenters. The fourth-order valence-electron chi connectivity index (χ4n) is 3.17. The highest BCUT2D eigenvalue weighted by molar-refractivity contribution is 5.22. The Kier molecular flexibility index (Phi) is 11.6. The van der Waals surface area contributed by atoms with Gasteiger partial charge in [0.15, 0.2) is 0 Å². The molecule has 0 radical (unpaired) electrons. The van der Waals surface area contributed by atoms with Gasteiger partial charge in [0.2, 0.25) is 0 Å². The molecule has 0 amide bonds. The molecule has 5 nitrogen and oxygen atoms in total. The van der Waals surface area contributed by atoms with Crippen LogP contribution in [0.3, 0.4) is 0 Å². The first-order valence-electron chi connectivity index (χ1n) is 10.5. The van der Waals surface area contributed by atoms with Crippen LogP contribution < -0.4 is 4.74 Å². The molecule has 0 fully saturated rings. The lowest BCUT2D eigenvalue weighted by Crippen LogP contribution is -2.63. The molecular formula is C22H38O5. The van der Waals surface area contributed by atoms with Gasteiger partial charge in [0.05, 0.1) is 0 Å². The largest absolute Gasteiger partial charge is 0.454 e. The van der Waals surface area contributed by atoms with Crippen molar-refractivity contribution < 1.29 is 24.1 Å². The van der Waals surface area contributed by atoms with Gasteiger partial charge < -0.3 is 24.1 Å². The van der Waals surface area contributed by atoms with Gasteiger partial charge in [-0.3, -0.25) is 0 Å². The first-order chi connectivity index (χ1) is 13.1. The lowest BCUT2D eigenvalue weighted by molar-refractivity contribution is -0.471. The summed E-state index contributed by atoms with van der Waals surface area (Å²) in [4.78, 5) is 0. The number of para-hydroxylation sites is 1. The number of ether oxygens (including phenoxy) is 4. The van der Waals surface area contributed by atoms with Gasteiger partial charge in [0, 0.05) is 26.2 Å². The van der Waals surface area contributed by atoms with Crippen LogP contribution in [0.5, 0.6) is 5.75 Å². The van der Waals surface area contributed by atoms with Gasteiger partial charge in [-0.1, -0.05) is 57.2 Å². The molecule has 0 aliphatic carbocycles. The molecule has 1 rings (SSSR count). The predicted molar refractivity (Wildman–Crippen MR) is 108 cm³/mol. The number of hydrogen-bond donors (Lipinski definition) is 1. The van der Waals surface area contributed by atoms with E-state index in [4.69, 9.17) is 18.9 Å². The van der Waals surface area contributed by atoms with Gasteiger partial charge in [0.25, 0.3) is 5.79 Å². The van der Waals surface area contributed by atoms with Crippen molar-refractivity contribution in [2.45, 2.75) is 84.4 Å². The highest BCUT2D eigenvalue weighted by Gasteiger charge is 2.57. The Labute approximate surface area is 165 Å². The minimum Gasteiger partial charge on any atom is -0.454 e. The fraction of sp³-hybridized carbons (Fsp3) is 0.727. The molecule has 0 aliphatic heterocycles. The van der Waals surface area contributed by atoms with E-state index in [0.717, 1.165) is 19.3 Å². The van der Waals surface area contributed by atoms with Crippen molar-refractivity contribution in [3.8, 4) is 5.75 Å². The zero-order valence-electron chi connectivity index (χ0n) is 17.5. The molecule has 156 valence electrons. The van der Waals surface area contributed by atoms with E-state index in [1.807, 2.05) is 51.1 Å². The first kappa shape index (κ1) is 23.9. The fourth-order valence-corrected chi connectivity index (χ4v) is 3.17. The summed E-state index contributed by atoms with van der Waals surface area (Å²) >= 11 is 0. The Bertz CT molecular complexity index is 473. The van der Waals surface area contributed by atoms with Crippen molar-refractivity contribution in [3.05, 3.63) is 30.3 Å². The van der Waals surface area contributed by atoms with Gasteiger partial charge in [0.1, 0.15) is 5.75 Å². The molecule has 1 N–H and O–H groups in total. The normalized spacial score (nSPS) is 14.1. The first-order valence-corrected chi connectivity index (χ1v) is 10.5. The average molecular weight is 383 g/mol. The van der Waals surface area contributed by atoms with Crippen molar-refractivity contribution >= 4 is 0 Å². The zero-order chi connectivity index (χ0) is 20.0. The molecule has 0 aliphatic rings. The maximum atomic E-state index is 11.3. The Morgan fingerprint density at radius 2 is 1.30 bits per heavy atom. The van der Waals surface area contributed by atoms with E-state index in [9.17, 15) is 5.11 Å². The minimum absolute atomic E-state index is 0.278. The molecular weight excluding hydrogens is 344 g/mol. The van der Waals surface area contributed by atoms with Crippen LogP contribution in [0.25, 0.3) is 0 Å². The van der Waals surface area contributed by atoms with Crippen LogP contribution in [-0.4, -0.2) is 36.7 Å². The summed E-state index contributed by atoms with van der Waals surface area (Å²) in [5.74, 6) is -2.80. The number of unbranched alkanes of at least 4 members (excludes halogenated alkanes) is 5. The Morgan fingerprint density at radius 3 is 1.85 bits per heavy atom. The van der Waals surface area contributed by atoms with E-state index in [0.29, 0.717) is 18.8 Å². The smallest absolute Gasteiger partial charge is 0.350 e. The highest BCUT2D eigenvalue weighted by Crippen LogP contribution is 2.37. The van der Waals surface area contributed by atoms with E-state index in [1.165, 1.54) is 19.3 Å². The molecule has 1 aromatic carbocycles.